The summed E-state index contributed by atoms with van der Waals surface area (Å²) in [5.41, 5.74) is 2.35. The van der Waals surface area contributed by atoms with E-state index in [9.17, 15) is 13.5 Å². The summed E-state index contributed by atoms with van der Waals surface area (Å²) < 4.78 is 28.7. The molecule has 0 amide bonds. The maximum Gasteiger partial charge on any atom is 0.191 e. The van der Waals surface area contributed by atoms with Crippen molar-refractivity contribution >= 4 is 39.8 Å². The first kappa shape index (κ1) is 26.2. The van der Waals surface area contributed by atoms with Gasteiger partial charge in [0.25, 0.3) is 0 Å². The summed E-state index contributed by atoms with van der Waals surface area (Å²) in [6.07, 6.45) is 0.485. The number of nitrogens with zero attached hydrogens (tertiary/aromatic N) is 1. The second-order valence-corrected chi connectivity index (χ2v) is 8.72. The maximum atomic E-state index is 11.7. The Morgan fingerprint density at radius 3 is 2.53 bits per heavy atom. The largest absolute Gasteiger partial charge is 0.497 e. The van der Waals surface area contributed by atoms with E-state index in [0.29, 0.717) is 35.3 Å². The lowest BCUT2D eigenvalue weighted by Gasteiger charge is -2.16. The summed E-state index contributed by atoms with van der Waals surface area (Å²) in [7, 11) is -1.65. The van der Waals surface area contributed by atoms with Crippen molar-refractivity contribution in [3.05, 3.63) is 59.2 Å². The van der Waals surface area contributed by atoms with Crippen molar-refractivity contribution in [2.45, 2.75) is 31.4 Å². The van der Waals surface area contributed by atoms with Gasteiger partial charge in [-0.15, -0.1) is 24.0 Å². The number of hydrogen-bond acceptors (Lipinski definition) is 5. The molecule has 0 saturated heterocycles. The normalized spacial score (nSPS) is 12.6. The predicted molar refractivity (Wildman–Crippen MR) is 130 cm³/mol. The number of ether oxygens (including phenoxy) is 1. The second-order valence-electron chi connectivity index (χ2n) is 6.74. The van der Waals surface area contributed by atoms with Gasteiger partial charge in [0.05, 0.1) is 24.7 Å². The molecule has 2 aromatic rings. The summed E-state index contributed by atoms with van der Waals surface area (Å²) in [6.45, 7) is 5.08. The molecule has 0 heterocycles. The van der Waals surface area contributed by atoms with Crippen LogP contribution >= 0.6 is 24.0 Å². The first-order valence-corrected chi connectivity index (χ1v) is 11.3. The van der Waals surface area contributed by atoms with Gasteiger partial charge in [-0.2, -0.15) is 0 Å². The number of hydrogen-bond donors (Lipinski definition) is 3. The summed E-state index contributed by atoms with van der Waals surface area (Å²) in [5, 5.41) is 16.7. The maximum absolute atomic E-state index is 11.7. The molecule has 3 N–H and O–H groups in total. The van der Waals surface area contributed by atoms with Gasteiger partial charge in [0.2, 0.25) is 0 Å². The zero-order valence-corrected chi connectivity index (χ0v) is 20.8. The number of nitrogens with one attached hydrogen (secondary N) is 2. The number of aryl methyl sites for hydroxylation is 1. The van der Waals surface area contributed by atoms with Crippen LogP contribution in [0.25, 0.3) is 0 Å². The average Bonchev–Trinajstić information content (AvgIpc) is 2.69. The van der Waals surface area contributed by atoms with Gasteiger partial charge < -0.3 is 20.5 Å². The molecule has 9 heteroatoms. The van der Waals surface area contributed by atoms with E-state index in [-0.39, 0.29) is 30.5 Å². The van der Waals surface area contributed by atoms with Crippen LogP contribution in [0, 0.1) is 6.92 Å². The van der Waals surface area contributed by atoms with Crippen LogP contribution in [0.3, 0.4) is 0 Å². The Kier molecular flexibility index (Phi) is 10.6. The van der Waals surface area contributed by atoms with Crippen molar-refractivity contribution in [3.63, 3.8) is 0 Å². The van der Waals surface area contributed by atoms with Crippen LogP contribution in [-0.2, 0) is 16.4 Å². The molecule has 2 rings (SSSR count). The fraction of sp³-hybridized carbons (Fsp3) is 0.381. The number of aliphatic hydroxyl groups is 1. The van der Waals surface area contributed by atoms with Crippen LogP contribution in [0.15, 0.2) is 52.4 Å². The van der Waals surface area contributed by atoms with Crippen LogP contribution in [0.1, 0.15) is 29.7 Å². The Hall–Kier alpha value is -1.85. The third kappa shape index (κ3) is 7.77. The van der Waals surface area contributed by atoms with E-state index in [4.69, 9.17) is 4.74 Å². The molecule has 1 unspecified atom stereocenters. The van der Waals surface area contributed by atoms with Crippen molar-refractivity contribution < 1.29 is 18.3 Å². The van der Waals surface area contributed by atoms with E-state index in [2.05, 4.69) is 15.6 Å². The minimum atomic E-state index is -3.24. The highest BCUT2D eigenvalue weighted by Crippen LogP contribution is 2.19. The van der Waals surface area contributed by atoms with Gasteiger partial charge in [0, 0.05) is 19.3 Å². The highest BCUT2D eigenvalue weighted by atomic mass is 127. The fourth-order valence-electron chi connectivity index (χ4n) is 2.90. The quantitative estimate of drug-likeness (QED) is 0.267. The molecule has 0 aliphatic heterocycles. The SMILES string of the molecule is CCNC(=NCc1ccc(S(C)(=O)=O)c(C)c1)NCC(O)c1cccc(OC)c1.I. The van der Waals surface area contributed by atoms with Gasteiger partial charge in [-0.1, -0.05) is 24.3 Å². The molecule has 0 aliphatic carbocycles. The van der Waals surface area contributed by atoms with Gasteiger partial charge in [0.1, 0.15) is 5.75 Å². The van der Waals surface area contributed by atoms with Gasteiger partial charge in [-0.3, -0.25) is 0 Å². The molecule has 0 fully saturated rings. The summed E-state index contributed by atoms with van der Waals surface area (Å²) in [6, 6.07) is 12.5. The third-order valence-corrected chi connectivity index (χ3v) is 5.60. The molecule has 0 aromatic heterocycles. The third-order valence-electron chi connectivity index (χ3n) is 4.34. The molecular weight excluding hydrogens is 517 g/mol. The molecule has 0 saturated carbocycles. The highest BCUT2D eigenvalue weighted by molar-refractivity contribution is 14.0. The molecule has 1 atom stereocenters. The number of aliphatic hydroxyl groups excluding tert-OH is 1. The molecular formula is C21H30IN3O4S. The molecule has 0 spiro atoms. The van der Waals surface area contributed by atoms with Gasteiger partial charge in [-0.25, -0.2) is 13.4 Å². The number of guanidine groups is 1. The number of benzene rings is 2. The molecule has 166 valence electrons. The zero-order chi connectivity index (χ0) is 21.4. The lowest BCUT2D eigenvalue weighted by atomic mass is 10.1. The Morgan fingerprint density at radius 1 is 1.20 bits per heavy atom. The molecule has 0 bridgehead atoms. The van der Waals surface area contributed by atoms with E-state index in [1.165, 1.54) is 6.26 Å². The van der Waals surface area contributed by atoms with Crippen LogP contribution in [0.2, 0.25) is 0 Å². The molecule has 2 aromatic carbocycles. The van der Waals surface area contributed by atoms with Crippen molar-refractivity contribution in [2.75, 3.05) is 26.5 Å². The average molecular weight is 547 g/mol. The monoisotopic (exact) mass is 547 g/mol. The number of methoxy groups -OCH3 is 1. The van der Waals surface area contributed by atoms with Crippen LogP contribution < -0.4 is 15.4 Å². The molecule has 30 heavy (non-hydrogen) atoms. The van der Waals surface area contributed by atoms with Crippen molar-refractivity contribution in [1.29, 1.82) is 0 Å². The van der Waals surface area contributed by atoms with E-state index in [0.717, 1.165) is 11.1 Å². The van der Waals surface area contributed by atoms with E-state index in [1.807, 2.05) is 31.2 Å². The minimum absolute atomic E-state index is 0. The van der Waals surface area contributed by atoms with Gasteiger partial charge >= 0.3 is 0 Å². The first-order chi connectivity index (χ1) is 13.7. The Morgan fingerprint density at radius 2 is 1.93 bits per heavy atom. The molecule has 0 radical (unpaired) electrons. The predicted octanol–water partition coefficient (Wildman–Crippen LogP) is 2.81. The fourth-order valence-corrected chi connectivity index (χ4v) is 3.86. The lowest BCUT2D eigenvalue weighted by Crippen LogP contribution is -2.39. The minimum Gasteiger partial charge on any atom is -0.497 e. The standard InChI is InChI=1S/C21H29N3O4S.HI/c1-5-22-21(24-14-19(25)17-7-6-8-18(12-17)28-3)23-13-16-9-10-20(15(2)11-16)29(4,26)27;/h6-12,19,25H,5,13-14H2,1-4H3,(H2,22,23,24);1H. The lowest BCUT2D eigenvalue weighted by molar-refractivity contribution is 0.180. The first-order valence-electron chi connectivity index (χ1n) is 9.38. The Labute approximate surface area is 195 Å². The highest BCUT2D eigenvalue weighted by Gasteiger charge is 2.12. The van der Waals surface area contributed by atoms with Crippen LogP contribution in [0.4, 0.5) is 0 Å². The smallest absolute Gasteiger partial charge is 0.191 e. The molecule has 0 aliphatic rings. The number of sulfone groups is 1. The summed E-state index contributed by atoms with van der Waals surface area (Å²) in [4.78, 5) is 4.86. The van der Waals surface area contributed by atoms with E-state index >= 15 is 0 Å². The van der Waals surface area contributed by atoms with Crippen LogP contribution in [-0.4, -0.2) is 45.9 Å². The van der Waals surface area contributed by atoms with Crippen molar-refractivity contribution in [1.82, 2.24) is 10.6 Å². The van der Waals surface area contributed by atoms with Crippen LogP contribution in [0.5, 0.6) is 5.75 Å². The topological polar surface area (TPSA) is 100 Å². The number of aliphatic imine (C=N–C) groups is 1. The zero-order valence-electron chi connectivity index (χ0n) is 17.7. The number of rotatable bonds is 8. The van der Waals surface area contributed by atoms with Crippen molar-refractivity contribution in [3.8, 4) is 5.75 Å². The summed E-state index contributed by atoms with van der Waals surface area (Å²) >= 11 is 0. The van der Waals surface area contributed by atoms with Gasteiger partial charge in [0.15, 0.2) is 15.8 Å². The van der Waals surface area contributed by atoms with E-state index in [1.54, 1.807) is 32.2 Å². The van der Waals surface area contributed by atoms with Crippen molar-refractivity contribution in [2.24, 2.45) is 4.99 Å². The molecule has 7 nitrogen and oxygen atoms in total. The summed E-state index contributed by atoms with van der Waals surface area (Å²) in [5.74, 6) is 1.26. The van der Waals surface area contributed by atoms with Gasteiger partial charge in [-0.05, 0) is 48.7 Å². The second kappa shape index (κ2) is 12.1. The van der Waals surface area contributed by atoms with E-state index < -0.39 is 15.9 Å². The Balaban J connectivity index is 0.00000450. The number of halogens is 1. The Bertz CT molecular complexity index is 964.